The topological polar surface area (TPSA) is 59.2 Å². The summed E-state index contributed by atoms with van der Waals surface area (Å²) in [5, 5.41) is 0. The van der Waals surface area contributed by atoms with Crippen molar-refractivity contribution in [3.63, 3.8) is 0 Å². The number of nitrogens with two attached hydrogens (primary N) is 1. The van der Waals surface area contributed by atoms with Crippen molar-refractivity contribution in [2.45, 2.75) is 51.6 Å². The maximum Gasteiger partial charge on any atom is 0.226 e. The Balaban J connectivity index is 1.66. The van der Waals surface area contributed by atoms with Gasteiger partial charge in [-0.15, -0.1) is 0 Å². The second-order valence-corrected chi connectivity index (χ2v) is 6.87. The van der Waals surface area contributed by atoms with Crippen LogP contribution in [0.15, 0.2) is 24.4 Å². The molecule has 4 heteroatoms. The van der Waals surface area contributed by atoms with E-state index < -0.39 is 0 Å². The number of nitrogens with zero attached hydrogens (tertiary/aromatic N) is 2. The second-order valence-electron chi connectivity index (χ2n) is 6.87. The van der Waals surface area contributed by atoms with Crippen LogP contribution in [0.5, 0.6) is 0 Å². The fourth-order valence-corrected chi connectivity index (χ4v) is 4.28. The van der Waals surface area contributed by atoms with Crippen LogP contribution in [0, 0.1) is 17.8 Å². The van der Waals surface area contributed by atoms with Crippen LogP contribution in [-0.4, -0.2) is 28.4 Å². The molecule has 2 unspecified atom stereocenters. The van der Waals surface area contributed by atoms with Crippen molar-refractivity contribution in [2.24, 2.45) is 23.5 Å². The zero-order valence-corrected chi connectivity index (χ0v) is 13.4. The van der Waals surface area contributed by atoms with Gasteiger partial charge in [0.15, 0.2) is 0 Å². The Hall–Kier alpha value is -1.42. The van der Waals surface area contributed by atoms with E-state index in [9.17, 15) is 4.79 Å². The van der Waals surface area contributed by atoms with Gasteiger partial charge in [-0.1, -0.05) is 12.5 Å². The van der Waals surface area contributed by atoms with E-state index in [1.165, 1.54) is 19.3 Å². The lowest BCUT2D eigenvalue weighted by Crippen LogP contribution is -2.49. The predicted molar refractivity (Wildman–Crippen MR) is 86.9 cm³/mol. The summed E-state index contributed by atoms with van der Waals surface area (Å²) in [6, 6.07) is 6.20. The van der Waals surface area contributed by atoms with Gasteiger partial charge in [0.05, 0.1) is 12.2 Å². The van der Waals surface area contributed by atoms with E-state index in [1.54, 1.807) is 6.20 Å². The van der Waals surface area contributed by atoms with Gasteiger partial charge in [0.25, 0.3) is 0 Å². The van der Waals surface area contributed by atoms with Gasteiger partial charge in [0, 0.05) is 24.7 Å². The van der Waals surface area contributed by atoms with E-state index in [0.29, 0.717) is 30.3 Å². The number of fused-ring (bicyclic) bond motifs is 2. The first-order valence-corrected chi connectivity index (χ1v) is 8.63. The van der Waals surface area contributed by atoms with Crippen LogP contribution in [0.1, 0.15) is 44.7 Å². The lowest BCUT2D eigenvalue weighted by atomic mass is 9.65. The summed E-state index contributed by atoms with van der Waals surface area (Å²) in [5.41, 5.74) is 7.31. The summed E-state index contributed by atoms with van der Waals surface area (Å²) >= 11 is 0. The van der Waals surface area contributed by atoms with Gasteiger partial charge in [-0.05, 0) is 56.6 Å². The number of hydrogen-bond acceptors (Lipinski definition) is 3. The average Bonchev–Trinajstić information content (AvgIpc) is 2.53. The minimum atomic E-state index is 0.166. The van der Waals surface area contributed by atoms with Crippen molar-refractivity contribution in [1.29, 1.82) is 0 Å². The Labute approximate surface area is 133 Å². The highest BCUT2D eigenvalue weighted by Crippen LogP contribution is 2.42. The van der Waals surface area contributed by atoms with Gasteiger partial charge in [-0.3, -0.25) is 9.78 Å². The van der Waals surface area contributed by atoms with E-state index >= 15 is 0 Å². The minimum absolute atomic E-state index is 0.166. The summed E-state index contributed by atoms with van der Waals surface area (Å²) in [7, 11) is 0. The van der Waals surface area contributed by atoms with Crippen LogP contribution in [0.4, 0.5) is 0 Å². The van der Waals surface area contributed by atoms with Gasteiger partial charge >= 0.3 is 0 Å². The zero-order valence-electron chi connectivity index (χ0n) is 13.4. The number of rotatable bonds is 4. The highest BCUT2D eigenvalue weighted by Gasteiger charge is 2.41. The Morgan fingerprint density at radius 3 is 2.64 bits per heavy atom. The lowest BCUT2D eigenvalue weighted by Gasteiger charge is -2.44. The smallest absolute Gasteiger partial charge is 0.226 e. The minimum Gasteiger partial charge on any atom is -0.337 e. The van der Waals surface area contributed by atoms with Crippen molar-refractivity contribution in [3.8, 4) is 0 Å². The number of carbonyl (C=O) groups excluding carboxylic acids is 1. The Morgan fingerprint density at radius 1 is 1.32 bits per heavy atom. The molecule has 2 aliphatic rings. The third-order valence-electron chi connectivity index (χ3n) is 5.53. The maximum atomic E-state index is 12.9. The van der Waals surface area contributed by atoms with Gasteiger partial charge in [0.2, 0.25) is 5.91 Å². The molecule has 2 bridgehead atoms. The van der Waals surface area contributed by atoms with E-state index in [-0.39, 0.29) is 5.92 Å². The molecule has 3 rings (SSSR count). The van der Waals surface area contributed by atoms with Gasteiger partial charge < -0.3 is 10.6 Å². The summed E-state index contributed by atoms with van der Waals surface area (Å²) < 4.78 is 0. The SMILES string of the molecule is CCN(Cc1ccccn1)C(=O)C1CC2CCCC(C1)C2N. The standard InChI is InChI=1S/C18H27N3O/c1-2-21(12-16-8-3-4-9-20-16)18(22)15-10-13-6-5-7-14(11-15)17(13)19/h3-4,8-9,13-15,17H,2,5-7,10-12,19H2,1H3. The van der Waals surface area contributed by atoms with Crippen LogP contribution in [-0.2, 0) is 11.3 Å². The molecule has 2 atom stereocenters. The monoisotopic (exact) mass is 301 g/mol. The molecule has 22 heavy (non-hydrogen) atoms. The molecular formula is C18H27N3O. The quantitative estimate of drug-likeness (QED) is 0.930. The number of pyridine rings is 1. The van der Waals surface area contributed by atoms with Crippen LogP contribution in [0.2, 0.25) is 0 Å². The summed E-state index contributed by atoms with van der Waals surface area (Å²) in [4.78, 5) is 19.2. The highest BCUT2D eigenvalue weighted by molar-refractivity contribution is 5.79. The third kappa shape index (κ3) is 3.17. The third-order valence-corrected chi connectivity index (χ3v) is 5.53. The fraction of sp³-hybridized carbons (Fsp3) is 0.667. The predicted octanol–water partition coefficient (Wildman–Crippen LogP) is 2.58. The summed E-state index contributed by atoms with van der Waals surface area (Å²) in [5.74, 6) is 1.57. The van der Waals surface area contributed by atoms with E-state index in [4.69, 9.17) is 5.73 Å². The average molecular weight is 301 g/mol. The molecule has 1 aromatic heterocycles. The second kappa shape index (κ2) is 6.78. The molecule has 1 amide bonds. The molecule has 0 radical (unpaired) electrons. The van der Waals surface area contributed by atoms with Gasteiger partial charge in [0.1, 0.15) is 0 Å². The van der Waals surface area contributed by atoms with Gasteiger partial charge in [-0.25, -0.2) is 0 Å². The molecule has 0 spiro atoms. The summed E-state index contributed by atoms with van der Waals surface area (Å²) in [6.07, 6.45) is 7.44. The van der Waals surface area contributed by atoms with Crippen LogP contribution >= 0.6 is 0 Å². The van der Waals surface area contributed by atoms with Crippen molar-refractivity contribution in [1.82, 2.24) is 9.88 Å². The first kappa shape index (κ1) is 15.5. The van der Waals surface area contributed by atoms with Crippen molar-refractivity contribution in [2.75, 3.05) is 6.54 Å². The molecule has 2 saturated carbocycles. The van der Waals surface area contributed by atoms with E-state index in [2.05, 4.69) is 11.9 Å². The number of aromatic nitrogens is 1. The number of carbonyl (C=O) groups is 1. The van der Waals surface area contributed by atoms with Gasteiger partial charge in [-0.2, -0.15) is 0 Å². The van der Waals surface area contributed by atoms with Crippen LogP contribution in [0.25, 0.3) is 0 Å². The molecular weight excluding hydrogens is 274 g/mol. The molecule has 120 valence electrons. The highest BCUT2D eigenvalue weighted by atomic mass is 16.2. The maximum absolute atomic E-state index is 12.9. The molecule has 0 aliphatic heterocycles. The molecule has 0 saturated heterocycles. The Kier molecular flexibility index (Phi) is 4.77. The lowest BCUT2D eigenvalue weighted by molar-refractivity contribution is -0.139. The van der Waals surface area contributed by atoms with E-state index in [1.807, 2.05) is 23.1 Å². The largest absolute Gasteiger partial charge is 0.337 e. The molecule has 1 heterocycles. The Morgan fingerprint density at radius 2 is 2.05 bits per heavy atom. The Bertz CT molecular complexity index is 490. The molecule has 1 aromatic rings. The molecule has 2 aliphatic carbocycles. The van der Waals surface area contributed by atoms with Crippen molar-refractivity contribution < 1.29 is 4.79 Å². The fourth-order valence-electron chi connectivity index (χ4n) is 4.28. The zero-order chi connectivity index (χ0) is 15.5. The number of hydrogen-bond donors (Lipinski definition) is 1. The first-order chi connectivity index (χ1) is 10.7. The molecule has 2 N–H and O–H groups in total. The molecule has 0 aromatic carbocycles. The molecule has 4 nitrogen and oxygen atoms in total. The van der Waals surface area contributed by atoms with Crippen LogP contribution in [0.3, 0.4) is 0 Å². The first-order valence-electron chi connectivity index (χ1n) is 8.63. The van der Waals surface area contributed by atoms with Crippen molar-refractivity contribution in [3.05, 3.63) is 30.1 Å². The van der Waals surface area contributed by atoms with E-state index in [0.717, 1.165) is 25.1 Å². The van der Waals surface area contributed by atoms with Crippen LogP contribution < -0.4 is 5.73 Å². The van der Waals surface area contributed by atoms with Crippen molar-refractivity contribution >= 4 is 5.91 Å². The molecule has 2 fully saturated rings. The summed E-state index contributed by atoms with van der Waals surface area (Å²) in [6.45, 7) is 3.41. The normalized spacial score (nSPS) is 30.8. The number of amides is 1.